The fraction of sp³-hybridized carbons (Fsp3) is 0.444. The Hall–Kier alpha value is -2.74. The molecule has 1 fully saturated rings. The fourth-order valence-electron chi connectivity index (χ4n) is 3.59. The second kappa shape index (κ2) is 8.57. The summed E-state index contributed by atoms with van der Waals surface area (Å²) in [5.41, 5.74) is 2.33. The summed E-state index contributed by atoms with van der Waals surface area (Å²) >= 11 is 0. The first-order chi connectivity index (χ1) is 12.7. The molecular weight excluding hydrogens is 332 g/mol. The standard InChI is InChI=1S/C17H22N6.CH2O2/c1-21-16-7-3-2-6-15(16)20-17(21)14-5-4-8-22(11-14)9-10-23-12-18-19-13-23;2-1-3/h2-3,6-7,12-14H,4-5,8-11H2,1H3;1H,(H,2,3). The highest BCUT2D eigenvalue weighted by Gasteiger charge is 2.25. The molecule has 1 aliphatic rings. The summed E-state index contributed by atoms with van der Waals surface area (Å²) < 4.78 is 4.31. The van der Waals surface area contributed by atoms with Crippen LogP contribution in [0.25, 0.3) is 11.0 Å². The van der Waals surface area contributed by atoms with Crippen molar-refractivity contribution in [3.63, 3.8) is 0 Å². The van der Waals surface area contributed by atoms with E-state index in [9.17, 15) is 0 Å². The molecule has 8 heteroatoms. The van der Waals surface area contributed by atoms with Crippen LogP contribution in [0, 0.1) is 0 Å². The molecule has 1 N–H and O–H groups in total. The van der Waals surface area contributed by atoms with Crippen molar-refractivity contribution in [3.8, 4) is 0 Å². The van der Waals surface area contributed by atoms with Gasteiger partial charge < -0.3 is 19.1 Å². The number of hydrogen-bond donors (Lipinski definition) is 1. The van der Waals surface area contributed by atoms with E-state index in [0.717, 1.165) is 25.2 Å². The Labute approximate surface area is 152 Å². The summed E-state index contributed by atoms with van der Waals surface area (Å²) in [6, 6.07) is 8.40. The van der Waals surface area contributed by atoms with E-state index in [2.05, 4.69) is 51.0 Å². The van der Waals surface area contributed by atoms with Gasteiger partial charge in [0.05, 0.1) is 11.0 Å². The van der Waals surface area contributed by atoms with Crippen LogP contribution in [0.4, 0.5) is 0 Å². The third-order valence-electron chi connectivity index (χ3n) is 4.83. The number of likely N-dealkylation sites (tertiary alicyclic amines) is 1. The Morgan fingerprint density at radius 1 is 1.23 bits per heavy atom. The van der Waals surface area contributed by atoms with Gasteiger partial charge in [-0.15, -0.1) is 10.2 Å². The van der Waals surface area contributed by atoms with Crippen LogP contribution in [0.1, 0.15) is 24.6 Å². The maximum absolute atomic E-state index is 8.36. The molecule has 8 nitrogen and oxygen atoms in total. The van der Waals surface area contributed by atoms with Crippen molar-refractivity contribution >= 4 is 17.5 Å². The van der Waals surface area contributed by atoms with Crippen LogP contribution in [-0.2, 0) is 18.4 Å². The number of nitrogens with zero attached hydrogens (tertiary/aromatic N) is 6. The van der Waals surface area contributed by atoms with Crippen LogP contribution >= 0.6 is 0 Å². The summed E-state index contributed by atoms with van der Waals surface area (Å²) in [6.45, 7) is 3.99. The summed E-state index contributed by atoms with van der Waals surface area (Å²) in [5, 5.41) is 14.6. The average Bonchev–Trinajstić information content (AvgIpc) is 3.29. The lowest BCUT2D eigenvalue weighted by molar-refractivity contribution is -0.122. The number of aryl methyl sites for hydroxylation is 1. The van der Waals surface area contributed by atoms with Gasteiger partial charge in [-0.3, -0.25) is 4.79 Å². The van der Waals surface area contributed by atoms with Crippen molar-refractivity contribution in [2.45, 2.75) is 25.3 Å². The molecule has 1 saturated heterocycles. The van der Waals surface area contributed by atoms with E-state index in [-0.39, 0.29) is 6.47 Å². The van der Waals surface area contributed by atoms with Crippen LogP contribution in [0.2, 0.25) is 0 Å². The zero-order chi connectivity index (χ0) is 18.4. The monoisotopic (exact) mass is 356 g/mol. The van der Waals surface area contributed by atoms with Gasteiger partial charge in [-0.05, 0) is 31.5 Å². The van der Waals surface area contributed by atoms with E-state index in [1.54, 1.807) is 12.7 Å². The van der Waals surface area contributed by atoms with Crippen molar-refractivity contribution in [2.24, 2.45) is 7.05 Å². The van der Waals surface area contributed by atoms with E-state index < -0.39 is 0 Å². The van der Waals surface area contributed by atoms with Crippen molar-refractivity contribution in [3.05, 3.63) is 42.7 Å². The lowest BCUT2D eigenvalue weighted by atomic mass is 9.97. The molecular formula is C18H24N6O2. The summed E-state index contributed by atoms with van der Waals surface area (Å²) in [4.78, 5) is 15.8. The molecule has 1 unspecified atom stereocenters. The Morgan fingerprint density at radius 2 is 1.96 bits per heavy atom. The smallest absolute Gasteiger partial charge is 0.290 e. The molecule has 3 aromatic rings. The van der Waals surface area contributed by atoms with E-state index >= 15 is 0 Å². The number of rotatable bonds is 4. The highest BCUT2D eigenvalue weighted by atomic mass is 16.3. The molecule has 1 aromatic carbocycles. The van der Waals surface area contributed by atoms with Crippen LogP contribution in [0.15, 0.2) is 36.9 Å². The van der Waals surface area contributed by atoms with Gasteiger partial charge in [0.15, 0.2) is 0 Å². The van der Waals surface area contributed by atoms with Gasteiger partial charge in [-0.2, -0.15) is 0 Å². The molecule has 1 atom stereocenters. The first-order valence-corrected chi connectivity index (χ1v) is 8.77. The Bertz CT molecular complexity index is 829. The number of hydrogen-bond acceptors (Lipinski definition) is 5. The summed E-state index contributed by atoms with van der Waals surface area (Å²) in [7, 11) is 2.14. The van der Waals surface area contributed by atoms with Crippen molar-refractivity contribution in [1.82, 2.24) is 29.2 Å². The first kappa shape index (κ1) is 18.1. The number of para-hydroxylation sites is 2. The maximum Gasteiger partial charge on any atom is 0.290 e. The molecule has 1 aliphatic heterocycles. The minimum Gasteiger partial charge on any atom is -0.483 e. The molecule has 3 heterocycles. The molecule has 4 rings (SSSR count). The SMILES string of the molecule is Cn1c(C2CCCN(CCn3cnnc3)C2)nc2ccccc21.O=CO. The maximum atomic E-state index is 8.36. The second-order valence-electron chi connectivity index (χ2n) is 6.46. The second-order valence-corrected chi connectivity index (χ2v) is 6.46. The zero-order valence-electron chi connectivity index (χ0n) is 14.9. The van der Waals surface area contributed by atoms with Gasteiger partial charge in [0, 0.05) is 32.6 Å². The van der Waals surface area contributed by atoms with Crippen LogP contribution < -0.4 is 0 Å². The number of benzene rings is 1. The zero-order valence-corrected chi connectivity index (χ0v) is 14.9. The largest absolute Gasteiger partial charge is 0.483 e. The predicted octanol–water partition coefficient (Wildman–Crippen LogP) is 1.75. The van der Waals surface area contributed by atoms with Gasteiger partial charge in [-0.25, -0.2) is 4.98 Å². The lowest BCUT2D eigenvalue weighted by Gasteiger charge is -2.32. The highest BCUT2D eigenvalue weighted by Crippen LogP contribution is 2.28. The highest BCUT2D eigenvalue weighted by molar-refractivity contribution is 5.75. The predicted molar refractivity (Wildman–Crippen MR) is 97.8 cm³/mol. The van der Waals surface area contributed by atoms with E-state index in [0.29, 0.717) is 5.92 Å². The number of piperidine rings is 1. The van der Waals surface area contributed by atoms with Gasteiger partial charge in [0.2, 0.25) is 0 Å². The van der Waals surface area contributed by atoms with Gasteiger partial charge in [0.25, 0.3) is 6.47 Å². The molecule has 0 saturated carbocycles. The van der Waals surface area contributed by atoms with Crippen LogP contribution in [-0.4, -0.2) is 60.4 Å². The Kier molecular flexibility index (Phi) is 5.96. The van der Waals surface area contributed by atoms with Crippen molar-refractivity contribution < 1.29 is 9.90 Å². The van der Waals surface area contributed by atoms with Crippen LogP contribution in [0.3, 0.4) is 0 Å². The van der Waals surface area contributed by atoms with Crippen molar-refractivity contribution in [2.75, 3.05) is 19.6 Å². The van der Waals surface area contributed by atoms with E-state index in [4.69, 9.17) is 14.9 Å². The number of aromatic nitrogens is 5. The first-order valence-electron chi connectivity index (χ1n) is 8.77. The number of imidazole rings is 1. The fourth-order valence-corrected chi connectivity index (χ4v) is 3.59. The van der Waals surface area contributed by atoms with Crippen LogP contribution in [0.5, 0.6) is 0 Å². The third-order valence-corrected chi connectivity index (χ3v) is 4.83. The van der Waals surface area contributed by atoms with Gasteiger partial charge >= 0.3 is 0 Å². The third kappa shape index (κ3) is 4.08. The average molecular weight is 356 g/mol. The molecule has 138 valence electrons. The van der Waals surface area contributed by atoms with Gasteiger partial charge in [-0.1, -0.05) is 12.1 Å². The van der Waals surface area contributed by atoms with E-state index in [1.165, 1.54) is 30.7 Å². The summed E-state index contributed by atoms with van der Waals surface area (Å²) in [5.74, 6) is 1.74. The topological polar surface area (TPSA) is 89.1 Å². The quantitative estimate of drug-likeness (QED) is 0.717. The number of carboxylic acid groups (broad SMARTS) is 1. The summed E-state index contributed by atoms with van der Waals surface area (Å²) in [6.07, 6.45) is 6.02. The molecule has 0 bridgehead atoms. The Balaban J connectivity index is 0.000000613. The molecule has 26 heavy (non-hydrogen) atoms. The minimum absolute atomic E-state index is 0.250. The molecule has 2 aromatic heterocycles. The minimum atomic E-state index is -0.250. The Morgan fingerprint density at radius 3 is 2.69 bits per heavy atom. The van der Waals surface area contributed by atoms with Gasteiger partial charge in [0.1, 0.15) is 18.5 Å². The van der Waals surface area contributed by atoms with Crippen molar-refractivity contribution in [1.29, 1.82) is 0 Å². The number of carbonyl (C=O) groups is 1. The normalized spacial score (nSPS) is 17.7. The molecule has 0 aliphatic carbocycles. The van der Waals surface area contributed by atoms with E-state index in [1.807, 2.05) is 4.57 Å². The molecule has 0 spiro atoms. The lowest BCUT2D eigenvalue weighted by Crippen LogP contribution is -2.37. The number of fused-ring (bicyclic) bond motifs is 1. The molecule has 0 amide bonds. The molecule has 0 radical (unpaired) electrons.